The Balaban J connectivity index is 2.54. The summed E-state index contributed by atoms with van der Waals surface area (Å²) in [6.07, 6.45) is 3.76. The molecule has 1 aliphatic rings. The SMILES string of the molecule is COc1cc2c(cc1Br)C=C[N]2. The van der Waals surface area contributed by atoms with Crippen molar-refractivity contribution in [2.75, 3.05) is 7.11 Å². The molecule has 1 radical (unpaired) electrons. The van der Waals surface area contributed by atoms with Crippen molar-refractivity contribution in [1.29, 1.82) is 0 Å². The second-order valence-electron chi connectivity index (χ2n) is 2.49. The summed E-state index contributed by atoms with van der Waals surface area (Å²) < 4.78 is 6.10. The molecule has 1 aromatic rings. The highest BCUT2D eigenvalue weighted by atomic mass is 79.9. The highest BCUT2D eigenvalue weighted by molar-refractivity contribution is 9.10. The van der Waals surface area contributed by atoms with E-state index in [1.54, 1.807) is 13.3 Å². The van der Waals surface area contributed by atoms with E-state index in [0.29, 0.717) is 0 Å². The van der Waals surface area contributed by atoms with Crippen LogP contribution in [0.25, 0.3) is 6.08 Å². The number of benzene rings is 1. The Morgan fingerprint density at radius 1 is 1.42 bits per heavy atom. The van der Waals surface area contributed by atoms with E-state index in [2.05, 4.69) is 21.2 Å². The molecule has 0 aliphatic carbocycles. The summed E-state index contributed by atoms with van der Waals surface area (Å²) in [5.41, 5.74) is 2.10. The van der Waals surface area contributed by atoms with Crippen LogP contribution in [-0.4, -0.2) is 7.11 Å². The third kappa shape index (κ3) is 1.10. The van der Waals surface area contributed by atoms with Gasteiger partial charge in [-0.25, -0.2) is 0 Å². The molecule has 0 atom stereocenters. The average Bonchev–Trinajstić information content (AvgIpc) is 2.49. The van der Waals surface area contributed by atoms with E-state index in [4.69, 9.17) is 4.74 Å². The summed E-state index contributed by atoms with van der Waals surface area (Å²) in [6, 6.07) is 3.92. The van der Waals surface area contributed by atoms with E-state index in [1.165, 1.54) is 0 Å². The molecule has 2 nitrogen and oxygen atoms in total. The molecule has 0 N–H and O–H groups in total. The van der Waals surface area contributed by atoms with E-state index in [0.717, 1.165) is 21.5 Å². The van der Waals surface area contributed by atoms with Crippen LogP contribution in [0.15, 0.2) is 22.8 Å². The fraction of sp³-hybridized carbons (Fsp3) is 0.111. The summed E-state index contributed by atoms with van der Waals surface area (Å²) in [6.45, 7) is 0. The maximum atomic E-state index is 5.14. The standard InChI is InChI=1S/C9H7BrNO/c1-12-9-5-8-6(2-3-11-8)4-7(9)10/h2-5H,1H3. The van der Waals surface area contributed by atoms with Crippen molar-refractivity contribution in [2.45, 2.75) is 0 Å². The largest absolute Gasteiger partial charge is 0.495 e. The van der Waals surface area contributed by atoms with Gasteiger partial charge in [-0.15, -0.1) is 0 Å². The molecule has 0 fully saturated rings. The lowest BCUT2D eigenvalue weighted by molar-refractivity contribution is 0.412. The smallest absolute Gasteiger partial charge is 0.135 e. The monoisotopic (exact) mass is 224 g/mol. The predicted molar refractivity (Wildman–Crippen MR) is 51.5 cm³/mol. The number of hydrogen-bond acceptors (Lipinski definition) is 1. The van der Waals surface area contributed by atoms with E-state index < -0.39 is 0 Å². The normalized spacial score (nSPS) is 12.5. The maximum absolute atomic E-state index is 5.14. The van der Waals surface area contributed by atoms with Crippen LogP contribution in [0.3, 0.4) is 0 Å². The van der Waals surface area contributed by atoms with Crippen molar-refractivity contribution in [2.24, 2.45) is 0 Å². The van der Waals surface area contributed by atoms with Crippen LogP contribution in [-0.2, 0) is 0 Å². The lowest BCUT2D eigenvalue weighted by Crippen LogP contribution is -1.87. The van der Waals surface area contributed by atoms with E-state index in [1.807, 2.05) is 18.2 Å². The molecule has 0 saturated carbocycles. The highest BCUT2D eigenvalue weighted by Gasteiger charge is 2.10. The minimum atomic E-state index is 0.821. The van der Waals surface area contributed by atoms with Crippen molar-refractivity contribution >= 4 is 27.7 Å². The Morgan fingerprint density at radius 2 is 2.25 bits per heavy atom. The maximum Gasteiger partial charge on any atom is 0.135 e. The van der Waals surface area contributed by atoms with Crippen molar-refractivity contribution < 1.29 is 4.74 Å². The molecule has 0 aromatic heterocycles. The van der Waals surface area contributed by atoms with Gasteiger partial charge in [-0.05, 0) is 28.1 Å². The first-order valence-electron chi connectivity index (χ1n) is 3.56. The summed E-state index contributed by atoms with van der Waals surface area (Å²) >= 11 is 3.41. The second-order valence-corrected chi connectivity index (χ2v) is 3.34. The number of methoxy groups -OCH3 is 1. The number of ether oxygens (including phenoxy) is 1. The van der Waals surface area contributed by atoms with Gasteiger partial charge >= 0.3 is 0 Å². The lowest BCUT2D eigenvalue weighted by atomic mass is 10.2. The molecular formula is C9H7BrNO. The molecule has 1 aliphatic heterocycles. The zero-order valence-electron chi connectivity index (χ0n) is 6.54. The minimum Gasteiger partial charge on any atom is -0.495 e. The molecule has 0 unspecified atom stereocenters. The Bertz CT molecular complexity index is 346. The van der Waals surface area contributed by atoms with Gasteiger partial charge in [0.2, 0.25) is 0 Å². The van der Waals surface area contributed by atoms with Crippen molar-refractivity contribution in [3.8, 4) is 5.75 Å². The molecule has 1 aromatic carbocycles. The Morgan fingerprint density at radius 3 is 3.00 bits per heavy atom. The van der Waals surface area contributed by atoms with Gasteiger partial charge in [0.25, 0.3) is 0 Å². The van der Waals surface area contributed by atoms with Gasteiger partial charge in [0.05, 0.1) is 17.3 Å². The molecule has 12 heavy (non-hydrogen) atoms. The second kappa shape index (κ2) is 2.83. The average molecular weight is 225 g/mol. The van der Waals surface area contributed by atoms with E-state index >= 15 is 0 Å². The van der Waals surface area contributed by atoms with Crippen LogP contribution >= 0.6 is 15.9 Å². The van der Waals surface area contributed by atoms with Crippen LogP contribution in [0, 0.1) is 0 Å². The Labute approximate surface area is 79.4 Å². The van der Waals surface area contributed by atoms with Crippen LogP contribution in [0.1, 0.15) is 5.56 Å². The highest BCUT2D eigenvalue weighted by Crippen LogP contribution is 2.34. The van der Waals surface area contributed by atoms with Gasteiger partial charge in [0, 0.05) is 17.8 Å². The van der Waals surface area contributed by atoms with Crippen molar-refractivity contribution in [3.05, 3.63) is 28.4 Å². The Kier molecular flexibility index (Phi) is 1.81. The number of nitrogens with zero attached hydrogens (tertiary/aromatic N) is 1. The number of fused-ring (bicyclic) bond motifs is 1. The molecule has 1 heterocycles. The molecule has 0 amide bonds. The minimum absolute atomic E-state index is 0.821. The van der Waals surface area contributed by atoms with Crippen molar-refractivity contribution in [1.82, 2.24) is 5.32 Å². The lowest BCUT2D eigenvalue weighted by Gasteiger charge is -2.05. The Hall–Kier alpha value is -0.960. The first-order chi connectivity index (χ1) is 5.81. The van der Waals surface area contributed by atoms with E-state index in [-0.39, 0.29) is 0 Å². The number of hydrogen-bond donors (Lipinski definition) is 0. The number of halogens is 1. The van der Waals surface area contributed by atoms with Gasteiger partial charge in [-0.2, -0.15) is 0 Å². The first kappa shape index (κ1) is 7.68. The first-order valence-corrected chi connectivity index (χ1v) is 4.35. The molecule has 0 bridgehead atoms. The van der Waals surface area contributed by atoms with Crippen LogP contribution in [0.4, 0.5) is 5.69 Å². The van der Waals surface area contributed by atoms with Crippen molar-refractivity contribution in [3.63, 3.8) is 0 Å². The summed E-state index contributed by atoms with van der Waals surface area (Å²) in [5.74, 6) is 0.821. The molecule has 61 valence electrons. The van der Waals surface area contributed by atoms with Gasteiger partial charge in [0.1, 0.15) is 5.75 Å². The summed E-state index contributed by atoms with van der Waals surface area (Å²) in [4.78, 5) is 0. The third-order valence-electron chi connectivity index (χ3n) is 1.77. The predicted octanol–water partition coefficient (Wildman–Crippen LogP) is 2.68. The summed E-state index contributed by atoms with van der Waals surface area (Å²) in [7, 11) is 1.65. The van der Waals surface area contributed by atoms with Gasteiger partial charge in [0.15, 0.2) is 0 Å². The zero-order chi connectivity index (χ0) is 8.55. The summed E-state index contributed by atoms with van der Waals surface area (Å²) in [5, 5.41) is 4.17. The van der Waals surface area contributed by atoms with Gasteiger partial charge < -0.3 is 4.74 Å². The molecule has 0 saturated heterocycles. The molecular weight excluding hydrogens is 218 g/mol. The van der Waals surface area contributed by atoms with Crippen LogP contribution in [0.2, 0.25) is 0 Å². The quantitative estimate of drug-likeness (QED) is 0.720. The number of rotatable bonds is 1. The van der Waals surface area contributed by atoms with Crippen LogP contribution < -0.4 is 10.1 Å². The third-order valence-corrected chi connectivity index (χ3v) is 2.39. The van der Waals surface area contributed by atoms with Crippen LogP contribution in [0.5, 0.6) is 5.75 Å². The van der Waals surface area contributed by atoms with Gasteiger partial charge in [-0.1, -0.05) is 0 Å². The molecule has 2 rings (SSSR count). The van der Waals surface area contributed by atoms with E-state index in [9.17, 15) is 0 Å². The fourth-order valence-corrected chi connectivity index (χ4v) is 1.68. The molecule has 3 heteroatoms. The molecule has 0 spiro atoms. The van der Waals surface area contributed by atoms with Gasteiger partial charge in [-0.3, -0.25) is 5.32 Å². The fourth-order valence-electron chi connectivity index (χ4n) is 1.16. The zero-order valence-corrected chi connectivity index (χ0v) is 8.13. The topological polar surface area (TPSA) is 23.3 Å².